The van der Waals surface area contributed by atoms with Crippen molar-refractivity contribution >= 4 is 0 Å². The number of methoxy groups -OCH3 is 1. The van der Waals surface area contributed by atoms with Gasteiger partial charge < -0.3 is 15.2 Å². The van der Waals surface area contributed by atoms with Crippen molar-refractivity contribution in [3.63, 3.8) is 0 Å². The number of aryl methyl sites for hydroxylation is 1. The van der Waals surface area contributed by atoms with E-state index in [-0.39, 0.29) is 12.6 Å². The second kappa shape index (κ2) is 6.92. The Bertz CT molecular complexity index is 427. The first-order chi connectivity index (χ1) is 8.92. The van der Waals surface area contributed by atoms with E-state index in [0.717, 1.165) is 17.9 Å². The van der Waals surface area contributed by atoms with E-state index < -0.39 is 0 Å². The van der Waals surface area contributed by atoms with Gasteiger partial charge in [0.05, 0.1) is 13.7 Å². The fourth-order valence-corrected chi connectivity index (χ4v) is 2.39. The summed E-state index contributed by atoms with van der Waals surface area (Å²) in [5.74, 6) is 1.40. The Labute approximate surface area is 117 Å². The third-order valence-corrected chi connectivity index (χ3v) is 3.89. The van der Waals surface area contributed by atoms with Gasteiger partial charge in [0.1, 0.15) is 5.75 Å². The molecule has 0 radical (unpaired) electrons. The van der Waals surface area contributed by atoms with Crippen LogP contribution in [0.2, 0.25) is 0 Å². The van der Waals surface area contributed by atoms with Gasteiger partial charge in [0.15, 0.2) is 0 Å². The number of ether oxygens (including phenoxy) is 1. The molecular weight excluding hydrogens is 238 g/mol. The van der Waals surface area contributed by atoms with Crippen molar-refractivity contribution in [2.45, 2.75) is 47.2 Å². The van der Waals surface area contributed by atoms with Gasteiger partial charge in [0.2, 0.25) is 0 Å². The Morgan fingerprint density at radius 1 is 1.21 bits per heavy atom. The molecule has 0 saturated carbocycles. The van der Waals surface area contributed by atoms with Gasteiger partial charge in [-0.1, -0.05) is 19.9 Å². The van der Waals surface area contributed by atoms with E-state index in [2.05, 4.69) is 46.0 Å². The highest BCUT2D eigenvalue weighted by molar-refractivity contribution is 5.48. The minimum Gasteiger partial charge on any atom is -0.496 e. The smallest absolute Gasteiger partial charge is 0.124 e. The Morgan fingerprint density at radius 2 is 1.84 bits per heavy atom. The summed E-state index contributed by atoms with van der Waals surface area (Å²) in [5, 5.41) is 12.8. The summed E-state index contributed by atoms with van der Waals surface area (Å²) in [6.45, 7) is 11.5. The van der Waals surface area contributed by atoms with E-state index >= 15 is 0 Å². The monoisotopic (exact) mass is 265 g/mol. The molecule has 1 rings (SSSR count). The molecule has 1 aromatic rings. The maximum absolute atomic E-state index is 9.35. The molecule has 0 aliphatic rings. The van der Waals surface area contributed by atoms with Gasteiger partial charge in [-0.2, -0.15) is 0 Å². The van der Waals surface area contributed by atoms with Crippen molar-refractivity contribution in [1.29, 1.82) is 0 Å². The van der Waals surface area contributed by atoms with Crippen LogP contribution < -0.4 is 10.1 Å². The topological polar surface area (TPSA) is 41.5 Å². The lowest BCUT2D eigenvalue weighted by molar-refractivity contribution is 0.210. The second-order valence-electron chi connectivity index (χ2n) is 5.55. The first kappa shape index (κ1) is 16.0. The number of aliphatic hydroxyl groups excluding tert-OH is 1. The van der Waals surface area contributed by atoms with Crippen LogP contribution in [-0.2, 0) is 6.54 Å². The maximum Gasteiger partial charge on any atom is 0.124 e. The summed E-state index contributed by atoms with van der Waals surface area (Å²) >= 11 is 0. The van der Waals surface area contributed by atoms with Crippen LogP contribution in [0.3, 0.4) is 0 Å². The zero-order chi connectivity index (χ0) is 14.6. The van der Waals surface area contributed by atoms with Crippen molar-refractivity contribution < 1.29 is 9.84 Å². The zero-order valence-electron chi connectivity index (χ0n) is 13.0. The molecule has 0 heterocycles. The van der Waals surface area contributed by atoms with Crippen LogP contribution in [0.15, 0.2) is 6.07 Å². The number of benzene rings is 1. The molecule has 0 spiro atoms. The molecule has 0 saturated heterocycles. The van der Waals surface area contributed by atoms with Gasteiger partial charge in [-0.05, 0) is 48.9 Å². The minimum atomic E-state index is 0.141. The molecule has 3 nitrogen and oxygen atoms in total. The summed E-state index contributed by atoms with van der Waals surface area (Å²) in [4.78, 5) is 0. The van der Waals surface area contributed by atoms with Crippen LogP contribution in [0.4, 0.5) is 0 Å². The molecule has 0 bridgehead atoms. The van der Waals surface area contributed by atoms with Gasteiger partial charge in [-0.25, -0.2) is 0 Å². The van der Waals surface area contributed by atoms with Crippen molar-refractivity contribution in [3.05, 3.63) is 28.3 Å². The van der Waals surface area contributed by atoms with Crippen LogP contribution >= 0.6 is 0 Å². The predicted molar refractivity (Wildman–Crippen MR) is 79.8 cm³/mol. The number of hydrogen-bond acceptors (Lipinski definition) is 3. The molecule has 3 heteroatoms. The van der Waals surface area contributed by atoms with E-state index in [1.54, 1.807) is 7.11 Å². The van der Waals surface area contributed by atoms with Gasteiger partial charge in [-0.15, -0.1) is 0 Å². The summed E-state index contributed by atoms with van der Waals surface area (Å²) < 4.78 is 5.44. The van der Waals surface area contributed by atoms with Crippen molar-refractivity contribution in [3.8, 4) is 5.75 Å². The average molecular weight is 265 g/mol. The molecule has 0 aromatic heterocycles. The number of nitrogens with one attached hydrogen (secondary N) is 1. The highest BCUT2D eigenvalue weighted by Crippen LogP contribution is 2.28. The average Bonchev–Trinajstić information content (AvgIpc) is 2.36. The van der Waals surface area contributed by atoms with E-state index in [1.165, 1.54) is 16.7 Å². The molecule has 19 heavy (non-hydrogen) atoms. The molecule has 0 amide bonds. The van der Waals surface area contributed by atoms with E-state index in [4.69, 9.17) is 4.74 Å². The fourth-order valence-electron chi connectivity index (χ4n) is 2.39. The summed E-state index contributed by atoms with van der Waals surface area (Å²) in [7, 11) is 1.72. The van der Waals surface area contributed by atoms with Crippen LogP contribution in [0, 0.1) is 26.7 Å². The summed E-state index contributed by atoms with van der Waals surface area (Å²) in [6, 6.07) is 2.31. The van der Waals surface area contributed by atoms with Crippen LogP contribution in [0.25, 0.3) is 0 Å². The summed E-state index contributed by atoms with van der Waals surface area (Å²) in [5.41, 5.74) is 4.89. The van der Waals surface area contributed by atoms with Crippen molar-refractivity contribution in [2.24, 2.45) is 5.92 Å². The standard InChI is InChI=1S/C16H27NO2/c1-10(2)15(9-18)17-8-14-7-11(3)16(19-6)13(5)12(14)4/h7,10,15,17-18H,8-9H2,1-6H3. The van der Waals surface area contributed by atoms with E-state index in [0.29, 0.717) is 5.92 Å². The molecule has 1 aromatic carbocycles. The van der Waals surface area contributed by atoms with Crippen LogP contribution in [-0.4, -0.2) is 24.9 Å². The lowest BCUT2D eigenvalue weighted by Crippen LogP contribution is -2.36. The number of rotatable bonds is 6. The fraction of sp³-hybridized carbons (Fsp3) is 0.625. The SMILES string of the molecule is COc1c(C)cc(CNC(CO)C(C)C)c(C)c1C. The molecular formula is C16H27NO2. The first-order valence-electron chi connectivity index (χ1n) is 6.90. The van der Waals surface area contributed by atoms with Crippen molar-refractivity contribution in [1.82, 2.24) is 5.32 Å². The normalized spacial score (nSPS) is 12.8. The molecule has 0 aliphatic heterocycles. The zero-order valence-corrected chi connectivity index (χ0v) is 13.0. The van der Waals surface area contributed by atoms with Gasteiger partial charge in [0, 0.05) is 12.6 Å². The largest absolute Gasteiger partial charge is 0.496 e. The van der Waals surface area contributed by atoms with Gasteiger partial charge >= 0.3 is 0 Å². The maximum atomic E-state index is 9.35. The lowest BCUT2D eigenvalue weighted by Gasteiger charge is -2.22. The van der Waals surface area contributed by atoms with Crippen molar-refractivity contribution in [2.75, 3.05) is 13.7 Å². The molecule has 0 aliphatic carbocycles. The van der Waals surface area contributed by atoms with Crippen LogP contribution in [0.5, 0.6) is 5.75 Å². The van der Waals surface area contributed by atoms with Gasteiger partial charge in [0.25, 0.3) is 0 Å². The van der Waals surface area contributed by atoms with E-state index in [1.807, 2.05) is 0 Å². The predicted octanol–water partition coefficient (Wildman–Crippen LogP) is 2.73. The molecule has 2 N–H and O–H groups in total. The van der Waals surface area contributed by atoms with Crippen LogP contribution in [0.1, 0.15) is 36.1 Å². The third-order valence-electron chi connectivity index (χ3n) is 3.89. The molecule has 1 atom stereocenters. The van der Waals surface area contributed by atoms with E-state index in [9.17, 15) is 5.11 Å². The second-order valence-corrected chi connectivity index (χ2v) is 5.55. The Kier molecular flexibility index (Phi) is 5.83. The molecule has 0 fully saturated rings. The Hall–Kier alpha value is -1.06. The third kappa shape index (κ3) is 3.71. The molecule has 1 unspecified atom stereocenters. The number of hydrogen-bond donors (Lipinski definition) is 2. The molecule has 108 valence electrons. The quantitative estimate of drug-likeness (QED) is 0.831. The highest BCUT2D eigenvalue weighted by Gasteiger charge is 2.14. The number of aliphatic hydroxyl groups is 1. The Morgan fingerprint density at radius 3 is 2.32 bits per heavy atom. The summed E-state index contributed by atoms with van der Waals surface area (Å²) in [6.07, 6.45) is 0. The van der Waals surface area contributed by atoms with Gasteiger partial charge in [-0.3, -0.25) is 0 Å². The Balaban J connectivity index is 2.91. The lowest BCUT2D eigenvalue weighted by atomic mass is 9.97. The minimum absolute atomic E-state index is 0.141. The highest BCUT2D eigenvalue weighted by atomic mass is 16.5. The first-order valence-corrected chi connectivity index (χ1v) is 6.90.